The SMILES string of the molecule is CC(C)C(=O)N(Cc1cccn1Cc1cccc(Cl)c1)[C@H](C)C(C)C. The normalized spacial score (nSPS) is 12.6. The summed E-state index contributed by atoms with van der Waals surface area (Å²) in [7, 11) is 0. The molecule has 4 heteroatoms. The molecular formula is C21H29ClN2O. The fourth-order valence-electron chi connectivity index (χ4n) is 2.87. The number of benzene rings is 1. The van der Waals surface area contributed by atoms with E-state index in [1.54, 1.807) is 0 Å². The summed E-state index contributed by atoms with van der Waals surface area (Å²) in [6.45, 7) is 11.8. The van der Waals surface area contributed by atoms with Crippen molar-refractivity contribution in [3.63, 3.8) is 0 Å². The van der Waals surface area contributed by atoms with E-state index in [2.05, 4.69) is 43.7 Å². The molecule has 0 fully saturated rings. The number of nitrogens with zero attached hydrogens (tertiary/aromatic N) is 2. The van der Waals surface area contributed by atoms with Crippen LogP contribution < -0.4 is 0 Å². The monoisotopic (exact) mass is 360 g/mol. The van der Waals surface area contributed by atoms with Crippen LogP contribution in [0.3, 0.4) is 0 Å². The quantitative estimate of drug-likeness (QED) is 0.664. The van der Waals surface area contributed by atoms with Crippen LogP contribution in [0.2, 0.25) is 5.02 Å². The summed E-state index contributed by atoms with van der Waals surface area (Å²) < 4.78 is 2.19. The van der Waals surface area contributed by atoms with Gasteiger partial charge in [-0.15, -0.1) is 0 Å². The van der Waals surface area contributed by atoms with Gasteiger partial charge in [0.2, 0.25) is 5.91 Å². The first kappa shape index (κ1) is 19.6. The van der Waals surface area contributed by atoms with Gasteiger partial charge in [0.1, 0.15) is 0 Å². The molecule has 1 aromatic heterocycles. The lowest BCUT2D eigenvalue weighted by molar-refractivity contribution is -0.138. The van der Waals surface area contributed by atoms with Gasteiger partial charge in [-0.3, -0.25) is 4.79 Å². The van der Waals surface area contributed by atoms with Crippen molar-refractivity contribution < 1.29 is 4.79 Å². The van der Waals surface area contributed by atoms with E-state index in [1.807, 2.05) is 43.0 Å². The zero-order valence-electron chi connectivity index (χ0n) is 15.9. The predicted molar refractivity (Wildman–Crippen MR) is 105 cm³/mol. The van der Waals surface area contributed by atoms with Gasteiger partial charge in [-0.05, 0) is 42.7 Å². The zero-order chi connectivity index (χ0) is 18.6. The fraction of sp³-hybridized carbons (Fsp3) is 0.476. The molecule has 0 spiro atoms. The highest BCUT2D eigenvalue weighted by atomic mass is 35.5. The average Bonchev–Trinajstić information content (AvgIpc) is 2.98. The maximum atomic E-state index is 12.7. The Hall–Kier alpha value is -1.74. The molecule has 1 atom stereocenters. The summed E-state index contributed by atoms with van der Waals surface area (Å²) in [6.07, 6.45) is 2.06. The standard InChI is InChI=1S/C21H29ClN2O/c1-15(2)17(5)24(21(25)16(3)4)14-20-10-7-11-23(20)13-18-8-6-9-19(22)12-18/h6-12,15-17H,13-14H2,1-5H3/t17-/m1/s1. The first-order valence-electron chi connectivity index (χ1n) is 8.98. The van der Waals surface area contributed by atoms with Crippen LogP contribution in [0.15, 0.2) is 42.6 Å². The Balaban J connectivity index is 2.23. The third-order valence-electron chi connectivity index (χ3n) is 4.73. The molecule has 0 unspecified atom stereocenters. The zero-order valence-corrected chi connectivity index (χ0v) is 16.6. The second kappa shape index (κ2) is 8.57. The van der Waals surface area contributed by atoms with Gasteiger partial charge < -0.3 is 9.47 Å². The van der Waals surface area contributed by atoms with Gasteiger partial charge in [-0.1, -0.05) is 51.4 Å². The van der Waals surface area contributed by atoms with Crippen LogP contribution in [-0.4, -0.2) is 21.4 Å². The van der Waals surface area contributed by atoms with Crippen LogP contribution >= 0.6 is 11.6 Å². The number of halogens is 1. The molecule has 25 heavy (non-hydrogen) atoms. The first-order valence-corrected chi connectivity index (χ1v) is 9.36. The van der Waals surface area contributed by atoms with Crippen LogP contribution in [0.4, 0.5) is 0 Å². The molecule has 2 aromatic rings. The Morgan fingerprint density at radius 2 is 1.84 bits per heavy atom. The summed E-state index contributed by atoms with van der Waals surface area (Å²) in [4.78, 5) is 14.7. The van der Waals surface area contributed by atoms with Gasteiger partial charge in [0.25, 0.3) is 0 Å². The van der Waals surface area contributed by atoms with Gasteiger partial charge >= 0.3 is 0 Å². The van der Waals surface area contributed by atoms with E-state index >= 15 is 0 Å². The van der Waals surface area contributed by atoms with E-state index in [-0.39, 0.29) is 17.9 Å². The smallest absolute Gasteiger partial charge is 0.225 e. The van der Waals surface area contributed by atoms with Crippen molar-refractivity contribution in [2.75, 3.05) is 0 Å². The van der Waals surface area contributed by atoms with Crippen molar-refractivity contribution in [3.05, 3.63) is 58.9 Å². The molecule has 3 nitrogen and oxygen atoms in total. The van der Waals surface area contributed by atoms with Gasteiger partial charge in [-0.2, -0.15) is 0 Å². The Bertz CT molecular complexity index is 705. The second-order valence-corrected chi connectivity index (χ2v) is 7.80. The lowest BCUT2D eigenvalue weighted by atomic mass is 10.0. The third-order valence-corrected chi connectivity index (χ3v) is 4.97. The average molecular weight is 361 g/mol. The molecule has 0 aliphatic carbocycles. The van der Waals surface area contributed by atoms with Crippen molar-refractivity contribution >= 4 is 17.5 Å². The molecule has 0 radical (unpaired) electrons. The van der Waals surface area contributed by atoms with Crippen molar-refractivity contribution in [3.8, 4) is 0 Å². The molecule has 0 bridgehead atoms. The maximum Gasteiger partial charge on any atom is 0.225 e. The molecule has 0 saturated heterocycles. The van der Waals surface area contributed by atoms with Gasteiger partial charge in [-0.25, -0.2) is 0 Å². The highest BCUT2D eigenvalue weighted by molar-refractivity contribution is 6.30. The van der Waals surface area contributed by atoms with Gasteiger partial charge in [0.15, 0.2) is 0 Å². The van der Waals surface area contributed by atoms with E-state index in [9.17, 15) is 4.79 Å². The highest BCUT2D eigenvalue weighted by Crippen LogP contribution is 2.19. The topological polar surface area (TPSA) is 25.2 Å². The molecule has 2 rings (SSSR count). The number of amides is 1. The molecule has 1 heterocycles. The Morgan fingerprint density at radius 1 is 1.12 bits per heavy atom. The number of aromatic nitrogens is 1. The van der Waals surface area contributed by atoms with Crippen molar-refractivity contribution in [2.45, 2.75) is 53.8 Å². The predicted octanol–water partition coefficient (Wildman–Crippen LogP) is 5.22. The number of carbonyl (C=O) groups is 1. The summed E-state index contributed by atoms with van der Waals surface area (Å²) in [5, 5.41) is 0.747. The van der Waals surface area contributed by atoms with Gasteiger partial charge in [0, 0.05) is 35.4 Å². The van der Waals surface area contributed by atoms with E-state index in [1.165, 1.54) is 0 Å². The molecule has 0 N–H and O–H groups in total. The molecule has 0 saturated carbocycles. The summed E-state index contributed by atoms with van der Waals surface area (Å²) in [5.74, 6) is 0.619. The number of hydrogen-bond donors (Lipinski definition) is 0. The van der Waals surface area contributed by atoms with E-state index in [4.69, 9.17) is 11.6 Å². The lowest BCUT2D eigenvalue weighted by Crippen LogP contribution is -2.43. The van der Waals surface area contributed by atoms with Crippen molar-refractivity contribution in [1.29, 1.82) is 0 Å². The van der Waals surface area contributed by atoms with E-state index in [0.717, 1.165) is 22.8 Å². The molecule has 0 aliphatic rings. The second-order valence-electron chi connectivity index (χ2n) is 7.36. The Labute approximate surface area is 156 Å². The van der Waals surface area contributed by atoms with Crippen molar-refractivity contribution in [2.24, 2.45) is 11.8 Å². The van der Waals surface area contributed by atoms with Crippen LogP contribution in [0.5, 0.6) is 0 Å². The largest absolute Gasteiger partial charge is 0.345 e. The van der Waals surface area contributed by atoms with Crippen LogP contribution in [-0.2, 0) is 17.9 Å². The maximum absolute atomic E-state index is 12.7. The minimum atomic E-state index is -0.00228. The van der Waals surface area contributed by atoms with Crippen LogP contribution in [0, 0.1) is 11.8 Å². The molecular weight excluding hydrogens is 332 g/mol. The van der Waals surface area contributed by atoms with Gasteiger partial charge in [0.05, 0.1) is 6.54 Å². The summed E-state index contributed by atoms with van der Waals surface area (Å²) in [6, 6.07) is 12.2. The van der Waals surface area contributed by atoms with E-state index < -0.39 is 0 Å². The molecule has 1 aromatic carbocycles. The lowest BCUT2D eigenvalue weighted by Gasteiger charge is -2.33. The minimum Gasteiger partial charge on any atom is -0.345 e. The molecule has 136 valence electrons. The highest BCUT2D eigenvalue weighted by Gasteiger charge is 2.25. The first-order chi connectivity index (χ1) is 11.8. The number of carbonyl (C=O) groups excluding carboxylic acids is 1. The van der Waals surface area contributed by atoms with Crippen LogP contribution in [0.1, 0.15) is 45.9 Å². The fourth-order valence-corrected chi connectivity index (χ4v) is 3.08. The Kier molecular flexibility index (Phi) is 6.71. The Morgan fingerprint density at radius 3 is 2.44 bits per heavy atom. The molecule has 0 aliphatic heterocycles. The molecule has 1 amide bonds. The summed E-state index contributed by atoms with van der Waals surface area (Å²) in [5.41, 5.74) is 2.30. The van der Waals surface area contributed by atoms with Crippen LogP contribution in [0.25, 0.3) is 0 Å². The van der Waals surface area contributed by atoms with E-state index in [0.29, 0.717) is 12.5 Å². The number of hydrogen-bond acceptors (Lipinski definition) is 1. The third kappa shape index (κ3) is 5.12. The van der Waals surface area contributed by atoms with Crippen molar-refractivity contribution in [1.82, 2.24) is 9.47 Å². The number of rotatable bonds is 7. The minimum absolute atomic E-state index is 0.00228. The summed E-state index contributed by atoms with van der Waals surface area (Å²) >= 11 is 6.10.